The van der Waals surface area contributed by atoms with Crippen LogP contribution < -0.4 is 0 Å². The van der Waals surface area contributed by atoms with Crippen LogP contribution in [0.1, 0.15) is 40.5 Å². The zero-order valence-electron chi connectivity index (χ0n) is 10.6. The lowest BCUT2D eigenvalue weighted by Crippen LogP contribution is -2.51. The first-order chi connectivity index (χ1) is 7.38. The van der Waals surface area contributed by atoms with Crippen molar-refractivity contribution in [2.45, 2.75) is 64.3 Å². The smallest absolute Gasteiger partial charge is 0.163 e. The molecule has 0 radical (unpaired) electrons. The average Bonchev–Trinajstić information content (AvgIpc) is 2.14. The van der Waals surface area contributed by atoms with E-state index in [0.717, 1.165) is 26.1 Å². The standard InChI is InChI=1S/C12H22O4/c1-11(2)13-7-5-9(15-11)10-6-8-14-12(3,4)16-10/h9-10H,5-8H2,1-4H3/t9-,10-/m0/s1. The van der Waals surface area contributed by atoms with E-state index in [9.17, 15) is 0 Å². The second-order valence-corrected chi connectivity index (χ2v) is 5.39. The van der Waals surface area contributed by atoms with Crippen molar-refractivity contribution >= 4 is 0 Å². The number of ether oxygens (including phenoxy) is 4. The van der Waals surface area contributed by atoms with E-state index >= 15 is 0 Å². The Labute approximate surface area is 97.2 Å². The zero-order valence-corrected chi connectivity index (χ0v) is 10.6. The summed E-state index contributed by atoms with van der Waals surface area (Å²) in [6.45, 7) is 9.26. The van der Waals surface area contributed by atoms with Crippen LogP contribution in [-0.2, 0) is 18.9 Å². The Morgan fingerprint density at radius 1 is 0.750 bits per heavy atom. The molecule has 2 aliphatic heterocycles. The van der Waals surface area contributed by atoms with Gasteiger partial charge in [0.05, 0.1) is 25.4 Å². The van der Waals surface area contributed by atoms with Gasteiger partial charge in [0.15, 0.2) is 11.6 Å². The SMILES string of the molecule is CC1(C)OCC[C@@H]([C@@H]2CCOC(C)(C)O2)O1. The maximum absolute atomic E-state index is 5.90. The van der Waals surface area contributed by atoms with Crippen LogP contribution in [0.25, 0.3) is 0 Å². The fourth-order valence-corrected chi connectivity index (χ4v) is 2.28. The minimum atomic E-state index is -0.491. The zero-order chi connectivity index (χ0) is 11.8. The third-order valence-corrected chi connectivity index (χ3v) is 2.99. The molecule has 2 heterocycles. The summed E-state index contributed by atoms with van der Waals surface area (Å²) in [5.41, 5.74) is 0. The highest BCUT2D eigenvalue weighted by Crippen LogP contribution is 2.31. The minimum Gasteiger partial charge on any atom is -0.350 e. The Balaban J connectivity index is 1.96. The van der Waals surface area contributed by atoms with Crippen molar-refractivity contribution in [1.29, 1.82) is 0 Å². The highest BCUT2D eigenvalue weighted by atomic mass is 16.7. The van der Waals surface area contributed by atoms with Crippen LogP contribution in [0.4, 0.5) is 0 Å². The van der Waals surface area contributed by atoms with Gasteiger partial charge in [-0.1, -0.05) is 0 Å². The summed E-state index contributed by atoms with van der Waals surface area (Å²) in [6, 6.07) is 0. The van der Waals surface area contributed by atoms with Crippen LogP contribution in [0.5, 0.6) is 0 Å². The van der Waals surface area contributed by atoms with Crippen LogP contribution in [-0.4, -0.2) is 37.0 Å². The molecule has 0 saturated carbocycles. The third kappa shape index (κ3) is 2.94. The highest BCUT2D eigenvalue weighted by molar-refractivity contribution is 4.80. The lowest BCUT2D eigenvalue weighted by molar-refractivity contribution is -0.336. The molecule has 0 N–H and O–H groups in total. The fourth-order valence-electron chi connectivity index (χ4n) is 2.28. The first-order valence-corrected chi connectivity index (χ1v) is 6.02. The second-order valence-electron chi connectivity index (χ2n) is 5.39. The monoisotopic (exact) mass is 230 g/mol. The van der Waals surface area contributed by atoms with Gasteiger partial charge in [-0.05, 0) is 40.5 Å². The molecule has 0 spiro atoms. The number of hydrogen-bond donors (Lipinski definition) is 0. The fraction of sp³-hybridized carbons (Fsp3) is 1.00. The molecule has 0 aromatic heterocycles. The first kappa shape index (κ1) is 12.3. The van der Waals surface area contributed by atoms with Crippen molar-refractivity contribution in [2.24, 2.45) is 0 Å². The van der Waals surface area contributed by atoms with Crippen molar-refractivity contribution in [3.63, 3.8) is 0 Å². The van der Waals surface area contributed by atoms with Crippen LogP contribution >= 0.6 is 0 Å². The van der Waals surface area contributed by atoms with Crippen LogP contribution in [0.2, 0.25) is 0 Å². The summed E-state index contributed by atoms with van der Waals surface area (Å²) < 4.78 is 22.9. The molecule has 0 unspecified atom stereocenters. The van der Waals surface area contributed by atoms with Crippen molar-refractivity contribution in [1.82, 2.24) is 0 Å². The van der Waals surface area contributed by atoms with Gasteiger partial charge < -0.3 is 18.9 Å². The lowest BCUT2D eigenvalue weighted by atomic mass is 10.0. The summed E-state index contributed by atoms with van der Waals surface area (Å²) >= 11 is 0. The van der Waals surface area contributed by atoms with Gasteiger partial charge >= 0.3 is 0 Å². The van der Waals surface area contributed by atoms with E-state index in [0.29, 0.717) is 0 Å². The van der Waals surface area contributed by atoms with Crippen LogP contribution in [0, 0.1) is 0 Å². The maximum Gasteiger partial charge on any atom is 0.163 e. The van der Waals surface area contributed by atoms with Gasteiger partial charge in [0, 0.05) is 0 Å². The molecule has 4 nitrogen and oxygen atoms in total. The lowest BCUT2D eigenvalue weighted by Gasteiger charge is -2.44. The number of hydrogen-bond acceptors (Lipinski definition) is 4. The first-order valence-electron chi connectivity index (χ1n) is 6.02. The maximum atomic E-state index is 5.90. The van der Waals surface area contributed by atoms with Crippen molar-refractivity contribution in [3.05, 3.63) is 0 Å². The quantitative estimate of drug-likeness (QED) is 0.691. The Kier molecular flexibility index (Phi) is 3.27. The van der Waals surface area contributed by atoms with Crippen molar-refractivity contribution < 1.29 is 18.9 Å². The molecule has 2 fully saturated rings. The van der Waals surface area contributed by atoms with Gasteiger partial charge in [-0.3, -0.25) is 0 Å². The predicted molar refractivity (Wildman–Crippen MR) is 59.0 cm³/mol. The molecule has 0 aliphatic carbocycles. The Morgan fingerprint density at radius 3 is 1.44 bits per heavy atom. The molecule has 0 aromatic rings. The van der Waals surface area contributed by atoms with Crippen molar-refractivity contribution in [3.8, 4) is 0 Å². The molecule has 4 heteroatoms. The van der Waals surface area contributed by atoms with Crippen LogP contribution in [0.3, 0.4) is 0 Å². The van der Waals surface area contributed by atoms with E-state index < -0.39 is 11.6 Å². The van der Waals surface area contributed by atoms with E-state index in [-0.39, 0.29) is 12.2 Å². The molecule has 94 valence electrons. The van der Waals surface area contributed by atoms with E-state index in [1.807, 2.05) is 27.7 Å². The predicted octanol–water partition coefficient (Wildman–Crippen LogP) is 2.07. The summed E-state index contributed by atoms with van der Waals surface area (Å²) in [5.74, 6) is -0.983. The van der Waals surface area contributed by atoms with Gasteiger partial charge in [0.2, 0.25) is 0 Å². The molecule has 16 heavy (non-hydrogen) atoms. The van der Waals surface area contributed by atoms with E-state index in [1.165, 1.54) is 0 Å². The normalized spacial score (nSPS) is 38.2. The summed E-state index contributed by atoms with van der Waals surface area (Å²) in [7, 11) is 0. The minimum absolute atomic E-state index is 0.118. The molecule has 2 saturated heterocycles. The summed E-state index contributed by atoms with van der Waals surface area (Å²) in [5, 5.41) is 0. The van der Waals surface area contributed by atoms with Gasteiger partial charge in [0.25, 0.3) is 0 Å². The summed E-state index contributed by atoms with van der Waals surface area (Å²) in [4.78, 5) is 0. The molecule has 2 aliphatic rings. The largest absolute Gasteiger partial charge is 0.350 e. The third-order valence-electron chi connectivity index (χ3n) is 2.99. The van der Waals surface area contributed by atoms with Gasteiger partial charge in [-0.25, -0.2) is 0 Å². The molecular weight excluding hydrogens is 208 g/mol. The Hall–Kier alpha value is -0.160. The molecule has 0 aromatic carbocycles. The second kappa shape index (κ2) is 4.26. The van der Waals surface area contributed by atoms with Gasteiger partial charge in [-0.2, -0.15) is 0 Å². The summed E-state index contributed by atoms with van der Waals surface area (Å²) in [6.07, 6.45) is 2.02. The molecule has 2 atom stereocenters. The average molecular weight is 230 g/mol. The Bertz CT molecular complexity index is 223. The molecule has 2 rings (SSSR count). The number of rotatable bonds is 1. The van der Waals surface area contributed by atoms with Gasteiger partial charge in [-0.15, -0.1) is 0 Å². The van der Waals surface area contributed by atoms with E-state index in [2.05, 4.69) is 0 Å². The van der Waals surface area contributed by atoms with Gasteiger partial charge in [0.1, 0.15) is 0 Å². The molecule has 0 bridgehead atoms. The van der Waals surface area contributed by atoms with Crippen molar-refractivity contribution in [2.75, 3.05) is 13.2 Å². The van der Waals surface area contributed by atoms with E-state index in [4.69, 9.17) is 18.9 Å². The van der Waals surface area contributed by atoms with E-state index in [1.54, 1.807) is 0 Å². The molecular formula is C12H22O4. The van der Waals surface area contributed by atoms with Crippen LogP contribution in [0.15, 0.2) is 0 Å². The Morgan fingerprint density at radius 2 is 1.12 bits per heavy atom. The molecule has 0 amide bonds. The topological polar surface area (TPSA) is 36.9 Å². The highest BCUT2D eigenvalue weighted by Gasteiger charge is 2.39.